The highest BCUT2D eigenvalue weighted by Gasteiger charge is 2.36. The molecule has 134 valence electrons. The van der Waals surface area contributed by atoms with Crippen molar-refractivity contribution in [1.82, 2.24) is 4.90 Å². The van der Waals surface area contributed by atoms with E-state index in [0.717, 1.165) is 11.1 Å². The molecule has 0 aliphatic carbocycles. The Balaban J connectivity index is 1.97. The van der Waals surface area contributed by atoms with Gasteiger partial charge in [-0.05, 0) is 29.7 Å². The highest BCUT2D eigenvalue weighted by molar-refractivity contribution is 6.05. The Morgan fingerprint density at radius 2 is 1.81 bits per heavy atom. The van der Waals surface area contributed by atoms with Gasteiger partial charge in [0.25, 0.3) is 11.8 Å². The van der Waals surface area contributed by atoms with Crippen LogP contribution in [0.4, 0.5) is 10.5 Å². The Labute approximate surface area is 150 Å². The van der Waals surface area contributed by atoms with E-state index in [1.54, 1.807) is 18.2 Å². The van der Waals surface area contributed by atoms with E-state index in [0.29, 0.717) is 18.7 Å². The number of fused-ring (bicyclic) bond motifs is 1. The number of carbonyl (C=O) groups is 3. The first-order valence-corrected chi connectivity index (χ1v) is 8.15. The standard InChI is InChI=1S/C19H19N3O4/c1-26-19(25)22-11-10-12-6-2-3-7-13(12)16(22)18(24)21-15-9-5-4-8-14(15)17(20)23/h2-9,16H,10-11H2,1H3,(H2,20,23)(H,21,24)/t16-/m0/s1. The fourth-order valence-corrected chi connectivity index (χ4v) is 3.17. The van der Waals surface area contributed by atoms with Crippen molar-refractivity contribution >= 4 is 23.6 Å². The lowest BCUT2D eigenvalue weighted by Gasteiger charge is -2.35. The fraction of sp³-hybridized carbons (Fsp3) is 0.211. The normalized spacial score (nSPS) is 15.7. The first-order chi connectivity index (χ1) is 12.5. The molecule has 3 N–H and O–H groups in total. The molecule has 3 amide bonds. The van der Waals surface area contributed by atoms with E-state index in [4.69, 9.17) is 10.5 Å². The zero-order chi connectivity index (χ0) is 18.7. The largest absolute Gasteiger partial charge is 0.453 e. The van der Waals surface area contributed by atoms with Crippen molar-refractivity contribution in [2.45, 2.75) is 12.5 Å². The third kappa shape index (κ3) is 3.23. The van der Waals surface area contributed by atoms with Gasteiger partial charge in [-0.1, -0.05) is 36.4 Å². The van der Waals surface area contributed by atoms with Crippen molar-refractivity contribution in [3.05, 3.63) is 65.2 Å². The number of methoxy groups -OCH3 is 1. The Bertz CT molecular complexity index is 865. The van der Waals surface area contributed by atoms with Crippen LogP contribution in [0, 0.1) is 0 Å². The average molecular weight is 353 g/mol. The molecule has 0 bridgehead atoms. The number of para-hydroxylation sites is 1. The molecule has 26 heavy (non-hydrogen) atoms. The molecule has 3 rings (SSSR count). The lowest BCUT2D eigenvalue weighted by molar-refractivity contribution is -0.121. The van der Waals surface area contributed by atoms with Crippen LogP contribution < -0.4 is 11.1 Å². The SMILES string of the molecule is COC(=O)N1CCc2ccccc2[C@H]1C(=O)Nc1ccccc1C(N)=O. The molecular formula is C19H19N3O4. The number of benzene rings is 2. The van der Waals surface area contributed by atoms with Gasteiger partial charge < -0.3 is 15.8 Å². The maximum Gasteiger partial charge on any atom is 0.410 e. The summed E-state index contributed by atoms with van der Waals surface area (Å²) in [4.78, 5) is 38.2. The zero-order valence-electron chi connectivity index (χ0n) is 14.3. The second kappa shape index (κ2) is 7.26. The number of ether oxygens (including phenoxy) is 1. The van der Waals surface area contributed by atoms with Gasteiger partial charge in [0.1, 0.15) is 6.04 Å². The number of anilines is 1. The number of rotatable bonds is 3. The van der Waals surface area contributed by atoms with Gasteiger partial charge in [-0.15, -0.1) is 0 Å². The summed E-state index contributed by atoms with van der Waals surface area (Å²) in [6.45, 7) is 0.360. The van der Waals surface area contributed by atoms with Gasteiger partial charge in [-0.3, -0.25) is 14.5 Å². The average Bonchev–Trinajstić information content (AvgIpc) is 2.66. The molecule has 0 spiro atoms. The molecular weight excluding hydrogens is 334 g/mol. The van der Waals surface area contributed by atoms with E-state index in [1.165, 1.54) is 18.1 Å². The van der Waals surface area contributed by atoms with Gasteiger partial charge >= 0.3 is 6.09 Å². The first-order valence-electron chi connectivity index (χ1n) is 8.15. The summed E-state index contributed by atoms with van der Waals surface area (Å²) in [6.07, 6.45) is 0.0512. The highest BCUT2D eigenvalue weighted by Crippen LogP contribution is 2.31. The number of hydrogen-bond acceptors (Lipinski definition) is 4. The van der Waals surface area contributed by atoms with E-state index in [-0.39, 0.29) is 5.56 Å². The van der Waals surface area contributed by atoms with Gasteiger partial charge in [0, 0.05) is 6.54 Å². The van der Waals surface area contributed by atoms with Gasteiger partial charge in [0.05, 0.1) is 18.4 Å². The molecule has 0 fully saturated rings. The van der Waals surface area contributed by atoms with Crippen LogP contribution in [0.1, 0.15) is 27.5 Å². The quantitative estimate of drug-likeness (QED) is 0.882. The Morgan fingerprint density at radius 3 is 2.54 bits per heavy atom. The summed E-state index contributed by atoms with van der Waals surface area (Å²) in [6, 6.07) is 13.1. The van der Waals surface area contributed by atoms with Crippen molar-refractivity contribution in [3.63, 3.8) is 0 Å². The highest BCUT2D eigenvalue weighted by atomic mass is 16.5. The lowest BCUT2D eigenvalue weighted by Crippen LogP contribution is -2.45. The molecule has 1 aliphatic heterocycles. The molecule has 2 aromatic carbocycles. The van der Waals surface area contributed by atoms with Crippen molar-refractivity contribution in [3.8, 4) is 0 Å². The van der Waals surface area contributed by atoms with Gasteiger partial charge in [-0.25, -0.2) is 4.79 Å². The molecule has 0 saturated heterocycles. The van der Waals surface area contributed by atoms with E-state index in [9.17, 15) is 14.4 Å². The lowest BCUT2D eigenvalue weighted by atomic mass is 9.92. The summed E-state index contributed by atoms with van der Waals surface area (Å²) in [5, 5.41) is 2.72. The van der Waals surface area contributed by atoms with Crippen molar-refractivity contribution in [2.24, 2.45) is 5.73 Å². The summed E-state index contributed by atoms with van der Waals surface area (Å²) in [7, 11) is 1.28. The molecule has 0 radical (unpaired) electrons. The zero-order valence-corrected chi connectivity index (χ0v) is 14.3. The van der Waals surface area contributed by atoms with E-state index in [2.05, 4.69) is 5.32 Å². The minimum Gasteiger partial charge on any atom is -0.453 e. The van der Waals surface area contributed by atoms with Crippen LogP contribution in [-0.4, -0.2) is 36.5 Å². The number of primary amides is 1. The molecule has 0 unspecified atom stereocenters. The molecule has 0 aromatic heterocycles. The number of nitrogens with one attached hydrogen (secondary N) is 1. The van der Waals surface area contributed by atoms with Crippen LogP contribution in [-0.2, 0) is 16.0 Å². The summed E-state index contributed by atoms with van der Waals surface area (Å²) < 4.78 is 4.83. The minimum absolute atomic E-state index is 0.203. The topological polar surface area (TPSA) is 102 Å². The van der Waals surface area contributed by atoms with E-state index in [1.807, 2.05) is 24.3 Å². The van der Waals surface area contributed by atoms with Crippen LogP contribution in [0.25, 0.3) is 0 Å². The first kappa shape index (κ1) is 17.5. The van der Waals surface area contributed by atoms with Crippen LogP contribution in [0.2, 0.25) is 0 Å². The Kier molecular flexibility index (Phi) is 4.88. The summed E-state index contributed by atoms with van der Waals surface area (Å²) >= 11 is 0. The Hall–Kier alpha value is -3.35. The predicted octanol–water partition coefficient (Wildman–Crippen LogP) is 2.09. The maximum absolute atomic E-state index is 13.0. The number of nitrogens with zero attached hydrogens (tertiary/aromatic N) is 1. The van der Waals surface area contributed by atoms with Crippen molar-refractivity contribution in [2.75, 3.05) is 19.0 Å². The fourth-order valence-electron chi connectivity index (χ4n) is 3.17. The molecule has 1 aliphatic rings. The van der Waals surface area contributed by atoms with Crippen LogP contribution in [0.5, 0.6) is 0 Å². The van der Waals surface area contributed by atoms with Crippen LogP contribution in [0.15, 0.2) is 48.5 Å². The van der Waals surface area contributed by atoms with Crippen molar-refractivity contribution < 1.29 is 19.1 Å². The third-order valence-electron chi connectivity index (χ3n) is 4.39. The van der Waals surface area contributed by atoms with E-state index >= 15 is 0 Å². The second-order valence-electron chi connectivity index (χ2n) is 5.91. The maximum atomic E-state index is 13.0. The number of carbonyl (C=O) groups excluding carboxylic acids is 3. The van der Waals surface area contributed by atoms with E-state index < -0.39 is 23.9 Å². The third-order valence-corrected chi connectivity index (χ3v) is 4.39. The molecule has 0 saturated carbocycles. The molecule has 7 nitrogen and oxygen atoms in total. The number of nitrogens with two attached hydrogens (primary N) is 1. The summed E-state index contributed by atoms with van der Waals surface area (Å²) in [5.41, 5.74) is 7.61. The number of amides is 3. The van der Waals surface area contributed by atoms with Gasteiger partial charge in [0.2, 0.25) is 0 Å². The molecule has 1 heterocycles. The van der Waals surface area contributed by atoms with Crippen LogP contribution in [0.3, 0.4) is 0 Å². The minimum atomic E-state index is -0.853. The van der Waals surface area contributed by atoms with Crippen LogP contribution >= 0.6 is 0 Å². The second-order valence-corrected chi connectivity index (χ2v) is 5.91. The number of hydrogen-bond donors (Lipinski definition) is 2. The van der Waals surface area contributed by atoms with Gasteiger partial charge in [-0.2, -0.15) is 0 Å². The Morgan fingerprint density at radius 1 is 1.12 bits per heavy atom. The smallest absolute Gasteiger partial charge is 0.410 e. The monoisotopic (exact) mass is 353 g/mol. The van der Waals surface area contributed by atoms with Gasteiger partial charge in [0.15, 0.2) is 0 Å². The predicted molar refractivity (Wildman–Crippen MR) is 95.6 cm³/mol. The van der Waals surface area contributed by atoms with Crippen molar-refractivity contribution in [1.29, 1.82) is 0 Å². The molecule has 7 heteroatoms. The molecule has 1 atom stereocenters. The molecule has 2 aromatic rings. The summed E-state index contributed by atoms with van der Waals surface area (Å²) in [5.74, 6) is -1.08.